The minimum absolute atomic E-state index is 0.211. The maximum Gasteiger partial charge on any atom is 0.152 e. The van der Waals surface area contributed by atoms with Crippen molar-refractivity contribution in [3.05, 3.63) is 35.8 Å². The van der Waals surface area contributed by atoms with E-state index in [-0.39, 0.29) is 11.9 Å². The first-order chi connectivity index (χ1) is 7.15. The molecule has 0 radical (unpaired) electrons. The number of carbonyl (C=O) groups is 1. The van der Waals surface area contributed by atoms with Crippen LogP contribution in [0.2, 0.25) is 0 Å². The largest absolute Gasteiger partial charge is 0.344 e. The lowest BCUT2D eigenvalue weighted by molar-refractivity contribution is 0.112. The van der Waals surface area contributed by atoms with Gasteiger partial charge >= 0.3 is 0 Å². The maximum atomic E-state index is 13.5. The number of nitrogens with zero attached hydrogens (tertiary/aromatic N) is 1. The molecule has 78 valence electrons. The molecule has 0 aliphatic rings. The van der Waals surface area contributed by atoms with Crippen molar-refractivity contribution in [1.29, 1.82) is 0 Å². The molecular weight excluding hydrogens is 193 g/mol. The molecule has 0 fully saturated rings. The van der Waals surface area contributed by atoms with Crippen LogP contribution in [0.1, 0.15) is 30.2 Å². The molecule has 2 nitrogen and oxygen atoms in total. The topological polar surface area (TPSA) is 22.0 Å². The van der Waals surface area contributed by atoms with E-state index >= 15 is 0 Å². The van der Waals surface area contributed by atoms with Gasteiger partial charge in [-0.3, -0.25) is 4.79 Å². The van der Waals surface area contributed by atoms with Crippen LogP contribution in [0.3, 0.4) is 0 Å². The molecule has 0 aliphatic heterocycles. The molecule has 1 aromatic heterocycles. The Hall–Kier alpha value is -1.64. The maximum absolute atomic E-state index is 13.5. The van der Waals surface area contributed by atoms with Gasteiger partial charge in [0.05, 0.1) is 5.52 Å². The molecule has 0 saturated heterocycles. The predicted octanol–water partition coefficient (Wildman–Crippen LogP) is 3.17. The lowest BCUT2D eigenvalue weighted by atomic mass is 10.2. The fourth-order valence-electron chi connectivity index (χ4n) is 1.81. The molecule has 0 unspecified atom stereocenters. The normalized spacial score (nSPS) is 11.2. The van der Waals surface area contributed by atoms with E-state index in [9.17, 15) is 9.18 Å². The Morgan fingerprint density at radius 2 is 2.13 bits per heavy atom. The average Bonchev–Trinajstić information content (AvgIpc) is 2.58. The van der Waals surface area contributed by atoms with Crippen molar-refractivity contribution in [2.75, 3.05) is 0 Å². The average molecular weight is 205 g/mol. The van der Waals surface area contributed by atoms with E-state index in [2.05, 4.69) is 0 Å². The number of hydrogen-bond donors (Lipinski definition) is 0. The Labute approximate surface area is 87.3 Å². The molecule has 15 heavy (non-hydrogen) atoms. The highest BCUT2D eigenvalue weighted by atomic mass is 19.1. The quantitative estimate of drug-likeness (QED) is 0.690. The minimum Gasteiger partial charge on any atom is -0.344 e. The Morgan fingerprint density at radius 3 is 2.73 bits per heavy atom. The number of aldehydes is 1. The zero-order valence-corrected chi connectivity index (χ0v) is 8.70. The minimum atomic E-state index is -0.339. The van der Waals surface area contributed by atoms with E-state index in [4.69, 9.17) is 0 Å². The number of aromatic nitrogens is 1. The molecule has 0 atom stereocenters. The van der Waals surface area contributed by atoms with Gasteiger partial charge in [-0.05, 0) is 26.0 Å². The van der Waals surface area contributed by atoms with Crippen molar-refractivity contribution in [2.24, 2.45) is 0 Å². The molecular formula is C12H12FNO. The van der Waals surface area contributed by atoms with Crippen molar-refractivity contribution >= 4 is 17.2 Å². The summed E-state index contributed by atoms with van der Waals surface area (Å²) < 4.78 is 15.4. The first-order valence-electron chi connectivity index (χ1n) is 4.89. The second-order valence-corrected chi connectivity index (χ2v) is 3.84. The Balaban J connectivity index is 2.87. The van der Waals surface area contributed by atoms with Crippen molar-refractivity contribution in [3.63, 3.8) is 0 Å². The van der Waals surface area contributed by atoms with Gasteiger partial charge in [0, 0.05) is 23.2 Å². The zero-order valence-electron chi connectivity index (χ0n) is 8.70. The van der Waals surface area contributed by atoms with Crippen molar-refractivity contribution in [1.82, 2.24) is 4.57 Å². The van der Waals surface area contributed by atoms with Crippen LogP contribution in [0.5, 0.6) is 0 Å². The molecule has 2 rings (SSSR count). The van der Waals surface area contributed by atoms with Crippen LogP contribution in [0.4, 0.5) is 4.39 Å². The van der Waals surface area contributed by atoms with Crippen LogP contribution in [0, 0.1) is 5.82 Å². The summed E-state index contributed by atoms with van der Waals surface area (Å²) in [5, 5.41) is 0.418. The molecule has 2 aromatic rings. The SMILES string of the molecule is CC(C)n1cc(C=O)c2c(F)cccc21. The van der Waals surface area contributed by atoms with Gasteiger partial charge in [0.1, 0.15) is 5.82 Å². The Kier molecular flexibility index (Phi) is 2.31. The van der Waals surface area contributed by atoms with Gasteiger partial charge in [-0.15, -0.1) is 0 Å². The number of rotatable bonds is 2. The molecule has 0 bridgehead atoms. The third-order valence-electron chi connectivity index (χ3n) is 2.52. The second-order valence-electron chi connectivity index (χ2n) is 3.84. The van der Waals surface area contributed by atoms with Gasteiger partial charge in [-0.25, -0.2) is 4.39 Å². The van der Waals surface area contributed by atoms with Crippen LogP contribution in [0.15, 0.2) is 24.4 Å². The van der Waals surface area contributed by atoms with Crippen LogP contribution in [0.25, 0.3) is 10.9 Å². The predicted molar refractivity (Wildman–Crippen MR) is 57.7 cm³/mol. The summed E-state index contributed by atoms with van der Waals surface area (Å²) in [5.74, 6) is -0.339. The fraction of sp³-hybridized carbons (Fsp3) is 0.250. The van der Waals surface area contributed by atoms with E-state index in [0.29, 0.717) is 17.2 Å². The summed E-state index contributed by atoms with van der Waals surface area (Å²) in [4.78, 5) is 10.8. The van der Waals surface area contributed by atoms with Gasteiger partial charge in [-0.1, -0.05) is 6.07 Å². The summed E-state index contributed by atoms with van der Waals surface area (Å²) in [5.41, 5.74) is 1.18. The molecule has 0 amide bonds. The van der Waals surface area contributed by atoms with E-state index in [1.54, 1.807) is 12.3 Å². The van der Waals surface area contributed by atoms with E-state index < -0.39 is 0 Å². The summed E-state index contributed by atoms with van der Waals surface area (Å²) in [6.45, 7) is 4.00. The standard InChI is InChI=1S/C12H12FNO/c1-8(2)14-6-9(7-15)12-10(13)4-3-5-11(12)14/h3-8H,1-2H3. The Bertz CT molecular complexity index is 514. The molecule has 0 spiro atoms. The van der Waals surface area contributed by atoms with Crippen molar-refractivity contribution in [2.45, 2.75) is 19.9 Å². The van der Waals surface area contributed by atoms with Gasteiger partial charge in [0.2, 0.25) is 0 Å². The lowest BCUT2D eigenvalue weighted by Gasteiger charge is -2.08. The Morgan fingerprint density at radius 1 is 1.40 bits per heavy atom. The first-order valence-corrected chi connectivity index (χ1v) is 4.89. The van der Waals surface area contributed by atoms with Crippen LogP contribution in [-0.2, 0) is 0 Å². The number of halogens is 1. The molecule has 0 N–H and O–H groups in total. The number of hydrogen-bond acceptors (Lipinski definition) is 1. The summed E-state index contributed by atoms with van der Waals surface area (Å²) in [7, 11) is 0. The van der Waals surface area contributed by atoms with Crippen LogP contribution >= 0.6 is 0 Å². The lowest BCUT2D eigenvalue weighted by Crippen LogP contribution is -1.97. The number of benzene rings is 1. The number of carbonyl (C=O) groups excluding carboxylic acids is 1. The summed E-state index contributed by atoms with van der Waals surface area (Å²) in [6.07, 6.45) is 2.40. The van der Waals surface area contributed by atoms with Gasteiger partial charge in [0.25, 0.3) is 0 Å². The van der Waals surface area contributed by atoms with Gasteiger partial charge in [0.15, 0.2) is 6.29 Å². The number of fused-ring (bicyclic) bond motifs is 1. The molecule has 1 aromatic carbocycles. The van der Waals surface area contributed by atoms with Gasteiger partial charge in [-0.2, -0.15) is 0 Å². The second kappa shape index (κ2) is 3.50. The van der Waals surface area contributed by atoms with E-state index in [1.807, 2.05) is 24.5 Å². The molecule has 1 heterocycles. The smallest absolute Gasteiger partial charge is 0.152 e. The zero-order chi connectivity index (χ0) is 11.0. The molecule has 3 heteroatoms. The van der Waals surface area contributed by atoms with E-state index in [0.717, 1.165) is 5.52 Å². The third-order valence-corrected chi connectivity index (χ3v) is 2.52. The van der Waals surface area contributed by atoms with Crippen molar-refractivity contribution in [3.8, 4) is 0 Å². The summed E-state index contributed by atoms with van der Waals surface area (Å²) in [6, 6.07) is 5.07. The molecule has 0 aliphatic carbocycles. The first kappa shape index (κ1) is 9.90. The monoisotopic (exact) mass is 205 g/mol. The van der Waals surface area contributed by atoms with Crippen molar-refractivity contribution < 1.29 is 9.18 Å². The van der Waals surface area contributed by atoms with E-state index in [1.165, 1.54) is 6.07 Å². The molecule has 0 saturated carbocycles. The van der Waals surface area contributed by atoms with Crippen LogP contribution in [-0.4, -0.2) is 10.9 Å². The highest BCUT2D eigenvalue weighted by Crippen LogP contribution is 2.25. The summed E-state index contributed by atoms with van der Waals surface area (Å²) >= 11 is 0. The highest BCUT2D eigenvalue weighted by molar-refractivity contribution is 5.98. The third kappa shape index (κ3) is 1.44. The highest BCUT2D eigenvalue weighted by Gasteiger charge is 2.12. The van der Waals surface area contributed by atoms with Crippen LogP contribution < -0.4 is 0 Å². The van der Waals surface area contributed by atoms with Gasteiger partial charge < -0.3 is 4.57 Å². The fourth-order valence-corrected chi connectivity index (χ4v) is 1.81.